The Morgan fingerprint density at radius 3 is 2.41 bits per heavy atom. The van der Waals surface area contributed by atoms with Crippen LogP contribution in [0.15, 0.2) is 29.2 Å². The molecule has 0 radical (unpaired) electrons. The number of ether oxygens (including phenoxy) is 1. The highest BCUT2D eigenvalue weighted by molar-refractivity contribution is 7.89. The number of carbonyl (C=O) groups is 2. The molecule has 0 aliphatic carbocycles. The average molecular weight is 395 g/mol. The summed E-state index contributed by atoms with van der Waals surface area (Å²) in [6.07, 6.45) is 0. The summed E-state index contributed by atoms with van der Waals surface area (Å²) in [5.74, 6) is -1.60. The van der Waals surface area contributed by atoms with Crippen molar-refractivity contribution in [3.8, 4) is 6.07 Å². The van der Waals surface area contributed by atoms with Gasteiger partial charge in [0.15, 0.2) is 6.61 Å². The van der Waals surface area contributed by atoms with Crippen LogP contribution in [0, 0.1) is 17.2 Å². The van der Waals surface area contributed by atoms with E-state index in [2.05, 4.69) is 10.0 Å². The van der Waals surface area contributed by atoms with Gasteiger partial charge in [-0.15, -0.1) is 0 Å². The molecule has 0 saturated heterocycles. The normalized spacial score (nSPS) is 13.7. The van der Waals surface area contributed by atoms with Crippen LogP contribution >= 0.6 is 0 Å². The predicted molar refractivity (Wildman–Crippen MR) is 99.2 cm³/mol. The van der Waals surface area contributed by atoms with Gasteiger partial charge in [0.25, 0.3) is 5.91 Å². The number of rotatable bonds is 8. The van der Waals surface area contributed by atoms with Crippen LogP contribution < -0.4 is 10.0 Å². The van der Waals surface area contributed by atoms with Gasteiger partial charge < -0.3 is 10.1 Å². The molecule has 0 fully saturated rings. The van der Waals surface area contributed by atoms with Gasteiger partial charge in [0.05, 0.1) is 16.5 Å². The number of benzene rings is 1. The van der Waals surface area contributed by atoms with Gasteiger partial charge >= 0.3 is 5.97 Å². The van der Waals surface area contributed by atoms with E-state index in [0.29, 0.717) is 0 Å². The molecule has 9 heteroatoms. The number of sulfonamides is 1. The minimum Gasteiger partial charge on any atom is -0.452 e. The molecule has 27 heavy (non-hydrogen) atoms. The van der Waals surface area contributed by atoms with Gasteiger partial charge in [-0.3, -0.25) is 4.79 Å². The number of hydrogen-bond donors (Lipinski definition) is 2. The van der Waals surface area contributed by atoms with Crippen molar-refractivity contribution in [2.45, 2.75) is 51.1 Å². The lowest BCUT2D eigenvalue weighted by molar-refractivity contribution is -0.125. The number of nitrogens with zero attached hydrogens (tertiary/aromatic N) is 1. The van der Waals surface area contributed by atoms with Crippen LogP contribution in [0.4, 0.5) is 0 Å². The summed E-state index contributed by atoms with van der Waals surface area (Å²) in [5, 5.41) is 11.7. The maximum Gasteiger partial charge on any atom is 0.338 e. The molecule has 0 aliphatic rings. The van der Waals surface area contributed by atoms with Crippen LogP contribution in [-0.2, 0) is 19.6 Å². The molecular formula is C18H25N3O5S. The van der Waals surface area contributed by atoms with Gasteiger partial charge in [0.2, 0.25) is 10.0 Å². The first-order chi connectivity index (χ1) is 12.4. The van der Waals surface area contributed by atoms with E-state index >= 15 is 0 Å². The summed E-state index contributed by atoms with van der Waals surface area (Å²) >= 11 is 0. The Morgan fingerprint density at radius 2 is 1.89 bits per heavy atom. The van der Waals surface area contributed by atoms with Crippen molar-refractivity contribution >= 4 is 21.9 Å². The smallest absolute Gasteiger partial charge is 0.338 e. The second-order valence-corrected chi connectivity index (χ2v) is 8.61. The van der Waals surface area contributed by atoms with Crippen molar-refractivity contribution in [2.75, 3.05) is 6.61 Å². The molecule has 1 aromatic rings. The van der Waals surface area contributed by atoms with E-state index in [1.54, 1.807) is 34.6 Å². The number of nitriles is 1. The Bertz CT molecular complexity index is 843. The first-order valence-electron chi connectivity index (χ1n) is 8.43. The van der Waals surface area contributed by atoms with Crippen molar-refractivity contribution in [1.29, 1.82) is 5.26 Å². The van der Waals surface area contributed by atoms with Gasteiger partial charge in [-0.2, -0.15) is 5.26 Å². The van der Waals surface area contributed by atoms with E-state index in [9.17, 15) is 23.3 Å². The monoisotopic (exact) mass is 395 g/mol. The fraction of sp³-hybridized carbons (Fsp3) is 0.500. The summed E-state index contributed by atoms with van der Waals surface area (Å²) in [7, 11) is -3.76. The first kappa shape index (κ1) is 22.6. The Balaban J connectivity index is 2.81. The summed E-state index contributed by atoms with van der Waals surface area (Å²) in [5.41, 5.74) is -1.08. The highest BCUT2D eigenvalue weighted by atomic mass is 32.2. The van der Waals surface area contributed by atoms with E-state index in [0.717, 1.165) is 0 Å². The molecule has 0 saturated carbocycles. The Morgan fingerprint density at radius 1 is 1.26 bits per heavy atom. The second-order valence-electron chi connectivity index (χ2n) is 6.90. The van der Waals surface area contributed by atoms with Crippen molar-refractivity contribution < 1.29 is 22.7 Å². The first-order valence-corrected chi connectivity index (χ1v) is 9.91. The minimum atomic E-state index is -3.76. The van der Waals surface area contributed by atoms with Crippen LogP contribution in [0.25, 0.3) is 0 Å². The molecule has 1 amide bonds. The van der Waals surface area contributed by atoms with Crippen molar-refractivity contribution in [2.24, 2.45) is 5.92 Å². The van der Waals surface area contributed by atoms with Crippen LogP contribution in [-0.4, -0.2) is 38.5 Å². The third-order valence-corrected chi connectivity index (χ3v) is 5.55. The summed E-state index contributed by atoms with van der Waals surface area (Å²) in [6, 6.07) is 7.06. The number of amides is 1. The Hall–Kier alpha value is -2.44. The fourth-order valence-electron chi connectivity index (χ4n) is 2.01. The van der Waals surface area contributed by atoms with Crippen molar-refractivity contribution in [3.05, 3.63) is 29.8 Å². The number of carbonyl (C=O) groups excluding carboxylic acids is 2. The average Bonchev–Trinajstić information content (AvgIpc) is 2.58. The second kappa shape index (κ2) is 8.97. The molecule has 0 aromatic heterocycles. The number of nitrogens with one attached hydrogen (secondary N) is 2. The van der Waals surface area contributed by atoms with E-state index in [1.165, 1.54) is 24.3 Å². The zero-order valence-corrected chi connectivity index (χ0v) is 16.9. The van der Waals surface area contributed by atoms with E-state index in [4.69, 9.17) is 4.74 Å². The molecule has 148 valence electrons. The molecule has 0 aliphatic heterocycles. The predicted octanol–water partition coefficient (Wildman–Crippen LogP) is 1.58. The molecule has 0 bridgehead atoms. The van der Waals surface area contributed by atoms with Crippen LogP contribution in [0.2, 0.25) is 0 Å². The standard InChI is InChI=1S/C18H25N3O5S/c1-12(2)18(5,11-19)20-16(22)10-26-17(23)14-7-6-8-15(9-14)27(24,25)21-13(3)4/h6-9,12-13,21H,10H2,1-5H3,(H,20,22)/t18-/m1/s1. The third kappa shape index (κ3) is 6.34. The van der Waals surface area contributed by atoms with Crippen LogP contribution in [0.5, 0.6) is 0 Å². The molecule has 0 unspecified atom stereocenters. The Kier molecular flexibility index (Phi) is 7.51. The highest BCUT2D eigenvalue weighted by Gasteiger charge is 2.30. The SMILES string of the molecule is CC(C)NS(=O)(=O)c1cccc(C(=O)OCC(=O)N[C@](C)(C#N)C(C)C)c1. The van der Waals surface area contributed by atoms with Crippen molar-refractivity contribution in [3.63, 3.8) is 0 Å². The lowest BCUT2D eigenvalue weighted by Crippen LogP contribution is -2.50. The zero-order chi connectivity index (χ0) is 20.8. The molecule has 0 spiro atoms. The molecule has 8 nitrogen and oxygen atoms in total. The Labute approximate surface area is 160 Å². The van der Waals surface area contributed by atoms with Crippen LogP contribution in [0.1, 0.15) is 45.0 Å². The minimum absolute atomic E-state index is 0.00124. The van der Waals surface area contributed by atoms with Crippen molar-refractivity contribution in [1.82, 2.24) is 10.0 Å². The van der Waals surface area contributed by atoms with Crippen LogP contribution in [0.3, 0.4) is 0 Å². The van der Waals surface area contributed by atoms with Gasteiger partial charge in [0.1, 0.15) is 5.54 Å². The fourth-order valence-corrected chi connectivity index (χ4v) is 3.31. The molecule has 1 rings (SSSR count). The summed E-state index contributed by atoms with van der Waals surface area (Å²) in [6.45, 7) is 7.93. The summed E-state index contributed by atoms with van der Waals surface area (Å²) in [4.78, 5) is 24.0. The van der Waals surface area contributed by atoms with Gasteiger partial charge in [-0.25, -0.2) is 17.9 Å². The highest BCUT2D eigenvalue weighted by Crippen LogP contribution is 2.15. The number of esters is 1. The maximum absolute atomic E-state index is 12.2. The molecule has 0 heterocycles. The lowest BCUT2D eigenvalue weighted by Gasteiger charge is -2.27. The van der Waals surface area contributed by atoms with E-state index in [1.807, 2.05) is 6.07 Å². The van der Waals surface area contributed by atoms with Gasteiger partial charge in [-0.1, -0.05) is 19.9 Å². The van der Waals surface area contributed by atoms with E-state index in [-0.39, 0.29) is 22.4 Å². The quantitative estimate of drug-likeness (QED) is 0.644. The third-order valence-electron chi connectivity index (χ3n) is 3.89. The maximum atomic E-state index is 12.2. The van der Waals surface area contributed by atoms with Gasteiger partial charge in [0, 0.05) is 6.04 Å². The summed E-state index contributed by atoms with van der Waals surface area (Å²) < 4.78 is 31.7. The molecule has 1 aromatic carbocycles. The zero-order valence-electron chi connectivity index (χ0n) is 16.1. The molecule has 1 atom stereocenters. The lowest BCUT2D eigenvalue weighted by atomic mass is 9.90. The largest absolute Gasteiger partial charge is 0.452 e. The topological polar surface area (TPSA) is 125 Å². The molecular weight excluding hydrogens is 370 g/mol. The van der Waals surface area contributed by atoms with E-state index < -0.39 is 34.0 Å². The molecule has 2 N–H and O–H groups in total. The number of hydrogen-bond acceptors (Lipinski definition) is 6. The van der Waals surface area contributed by atoms with Gasteiger partial charge in [-0.05, 0) is 44.9 Å².